The Bertz CT molecular complexity index is 1220. The number of phenolic OH excluding ortho intramolecular Hbond substituents is 1. The van der Waals surface area contributed by atoms with Gasteiger partial charge in [0.25, 0.3) is 0 Å². The van der Waals surface area contributed by atoms with E-state index in [-0.39, 0.29) is 46.3 Å². The van der Waals surface area contributed by atoms with Crippen molar-refractivity contribution in [2.45, 2.75) is 13.8 Å². The van der Waals surface area contributed by atoms with Crippen molar-refractivity contribution in [2.24, 2.45) is 0 Å². The van der Waals surface area contributed by atoms with E-state index < -0.39 is 5.43 Å². The standard InChI is InChI=1S/C24H26O8/c1-13(2)9-10-31-24-22(29-5)20(26)19-15(25)12-17(32-21(19)23(24)30-6)14-7-8-16(27-3)18(11-14)28-4/h7-9,11-12,26H,10H2,1-6H3. The summed E-state index contributed by atoms with van der Waals surface area (Å²) >= 11 is 0. The van der Waals surface area contributed by atoms with Crippen LogP contribution in [-0.2, 0) is 0 Å². The third kappa shape index (κ3) is 4.16. The van der Waals surface area contributed by atoms with Gasteiger partial charge in [-0.1, -0.05) is 5.57 Å². The Morgan fingerprint density at radius 1 is 0.938 bits per heavy atom. The van der Waals surface area contributed by atoms with Gasteiger partial charge in [0.15, 0.2) is 28.3 Å². The van der Waals surface area contributed by atoms with Crippen LogP contribution in [0.25, 0.3) is 22.3 Å². The van der Waals surface area contributed by atoms with E-state index in [0.29, 0.717) is 17.1 Å². The van der Waals surface area contributed by atoms with Gasteiger partial charge in [-0.3, -0.25) is 4.79 Å². The minimum atomic E-state index is -0.471. The molecule has 0 fully saturated rings. The van der Waals surface area contributed by atoms with Crippen molar-refractivity contribution in [3.05, 3.63) is 46.1 Å². The number of fused-ring (bicyclic) bond motifs is 1. The highest BCUT2D eigenvalue weighted by Gasteiger charge is 2.27. The molecule has 0 saturated carbocycles. The van der Waals surface area contributed by atoms with Crippen molar-refractivity contribution in [3.8, 4) is 45.8 Å². The van der Waals surface area contributed by atoms with Crippen molar-refractivity contribution in [1.82, 2.24) is 0 Å². The maximum absolute atomic E-state index is 13.0. The number of hydrogen-bond acceptors (Lipinski definition) is 8. The first-order valence-electron chi connectivity index (χ1n) is 9.79. The Morgan fingerprint density at radius 3 is 2.22 bits per heavy atom. The zero-order valence-electron chi connectivity index (χ0n) is 18.9. The summed E-state index contributed by atoms with van der Waals surface area (Å²) in [5, 5.41) is 10.7. The smallest absolute Gasteiger partial charge is 0.211 e. The van der Waals surface area contributed by atoms with Gasteiger partial charge in [0.05, 0.1) is 28.4 Å². The Hall–Kier alpha value is -3.81. The Labute approximate surface area is 185 Å². The number of aromatic hydroxyl groups is 1. The molecular formula is C24H26O8. The summed E-state index contributed by atoms with van der Waals surface area (Å²) in [5.74, 6) is 1.13. The van der Waals surface area contributed by atoms with Crippen LogP contribution in [0.5, 0.6) is 34.5 Å². The highest BCUT2D eigenvalue weighted by Crippen LogP contribution is 2.50. The molecule has 0 aliphatic rings. The third-order valence-electron chi connectivity index (χ3n) is 4.81. The molecule has 1 N–H and O–H groups in total. The molecular weight excluding hydrogens is 416 g/mol. The molecule has 8 heteroatoms. The zero-order chi connectivity index (χ0) is 23.4. The van der Waals surface area contributed by atoms with Gasteiger partial charge in [-0.25, -0.2) is 0 Å². The number of ether oxygens (including phenoxy) is 5. The number of benzene rings is 2. The fourth-order valence-corrected chi connectivity index (χ4v) is 3.23. The summed E-state index contributed by atoms with van der Waals surface area (Å²) in [7, 11) is 5.84. The summed E-state index contributed by atoms with van der Waals surface area (Å²) in [4.78, 5) is 13.0. The van der Waals surface area contributed by atoms with Gasteiger partial charge < -0.3 is 33.2 Å². The van der Waals surface area contributed by atoms with E-state index >= 15 is 0 Å². The van der Waals surface area contributed by atoms with Crippen LogP contribution in [0.1, 0.15) is 13.8 Å². The molecule has 0 bridgehead atoms. The first-order valence-corrected chi connectivity index (χ1v) is 9.79. The number of phenols is 1. The largest absolute Gasteiger partial charge is 0.504 e. The molecule has 0 unspecified atom stereocenters. The van der Waals surface area contributed by atoms with E-state index in [0.717, 1.165) is 5.57 Å². The number of allylic oxidation sites excluding steroid dienone is 1. The highest BCUT2D eigenvalue weighted by molar-refractivity contribution is 5.95. The van der Waals surface area contributed by atoms with Gasteiger partial charge in [0.2, 0.25) is 17.2 Å². The van der Waals surface area contributed by atoms with E-state index in [4.69, 9.17) is 28.1 Å². The second-order valence-electron chi connectivity index (χ2n) is 7.09. The SMILES string of the molecule is COc1ccc(-c2cc(=O)c3c(O)c(OC)c(OCC=C(C)C)c(OC)c3o2)cc1OC. The second-order valence-corrected chi connectivity index (χ2v) is 7.09. The number of rotatable bonds is 8. The predicted molar refractivity (Wildman–Crippen MR) is 121 cm³/mol. The van der Waals surface area contributed by atoms with E-state index in [1.54, 1.807) is 18.2 Å². The quantitative estimate of drug-likeness (QED) is 0.508. The summed E-state index contributed by atoms with van der Waals surface area (Å²) in [6, 6.07) is 6.40. The molecule has 3 aromatic rings. The van der Waals surface area contributed by atoms with Crippen LogP contribution in [-0.4, -0.2) is 40.2 Å². The molecule has 2 aromatic carbocycles. The third-order valence-corrected chi connectivity index (χ3v) is 4.81. The lowest BCUT2D eigenvalue weighted by molar-refractivity contribution is 0.291. The zero-order valence-corrected chi connectivity index (χ0v) is 18.9. The molecule has 3 rings (SSSR count). The molecule has 0 radical (unpaired) electrons. The van der Waals surface area contributed by atoms with Gasteiger partial charge in [0.1, 0.15) is 17.8 Å². The van der Waals surface area contributed by atoms with E-state index in [1.165, 1.54) is 34.5 Å². The van der Waals surface area contributed by atoms with Crippen LogP contribution in [0.2, 0.25) is 0 Å². The average molecular weight is 442 g/mol. The molecule has 0 aliphatic carbocycles. The summed E-state index contributed by atoms with van der Waals surface area (Å²) in [6.45, 7) is 4.08. The van der Waals surface area contributed by atoms with Gasteiger partial charge >= 0.3 is 0 Å². The molecule has 0 atom stereocenters. The lowest BCUT2D eigenvalue weighted by Crippen LogP contribution is -2.06. The normalized spacial score (nSPS) is 10.6. The Kier molecular flexibility index (Phi) is 6.82. The molecule has 1 heterocycles. The molecule has 0 spiro atoms. The topological polar surface area (TPSA) is 96.6 Å². The van der Waals surface area contributed by atoms with Crippen LogP contribution < -0.4 is 29.1 Å². The van der Waals surface area contributed by atoms with Crippen LogP contribution >= 0.6 is 0 Å². The Morgan fingerprint density at radius 2 is 1.62 bits per heavy atom. The molecule has 8 nitrogen and oxygen atoms in total. The molecule has 0 saturated heterocycles. The monoisotopic (exact) mass is 442 g/mol. The predicted octanol–water partition coefficient (Wildman–Crippen LogP) is 4.55. The summed E-state index contributed by atoms with van der Waals surface area (Å²) in [5.41, 5.74) is 1.19. The van der Waals surface area contributed by atoms with E-state index in [1.807, 2.05) is 19.9 Å². The number of hydrogen-bond donors (Lipinski definition) is 1. The second kappa shape index (κ2) is 9.55. The molecule has 32 heavy (non-hydrogen) atoms. The lowest BCUT2D eigenvalue weighted by atomic mass is 10.1. The van der Waals surface area contributed by atoms with Gasteiger partial charge in [-0.05, 0) is 38.1 Å². The van der Waals surface area contributed by atoms with Crippen molar-refractivity contribution < 1.29 is 33.2 Å². The Balaban J connectivity index is 2.28. The van der Waals surface area contributed by atoms with Gasteiger partial charge in [-0.15, -0.1) is 0 Å². The minimum Gasteiger partial charge on any atom is -0.504 e. The summed E-state index contributed by atoms with van der Waals surface area (Å²) in [6.07, 6.45) is 1.86. The molecule has 0 amide bonds. The fraction of sp³-hybridized carbons (Fsp3) is 0.292. The van der Waals surface area contributed by atoms with Crippen LogP contribution in [0, 0.1) is 0 Å². The first-order chi connectivity index (χ1) is 15.4. The van der Waals surface area contributed by atoms with Crippen LogP contribution in [0.4, 0.5) is 0 Å². The maximum Gasteiger partial charge on any atom is 0.211 e. The van der Waals surface area contributed by atoms with Gasteiger partial charge in [-0.2, -0.15) is 0 Å². The average Bonchev–Trinajstić information content (AvgIpc) is 2.78. The number of methoxy groups -OCH3 is 4. The van der Waals surface area contributed by atoms with Crippen molar-refractivity contribution in [3.63, 3.8) is 0 Å². The van der Waals surface area contributed by atoms with Gasteiger partial charge in [0, 0.05) is 11.6 Å². The van der Waals surface area contributed by atoms with Crippen LogP contribution in [0.15, 0.2) is 45.1 Å². The molecule has 1 aromatic heterocycles. The highest BCUT2D eigenvalue weighted by atomic mass is 16.5. The fourth-order valence-electron chi connectivity index (χ4n) is 3.23. The van der Waals surface area contributed by atoms with Crippen molar-refractivity contribution >= 4 is 11.0 Å². The van der Waals surface area contributed by atoms with Crippen molar-refractivity contribution in [1.29, 1.82) is 0 Å². The van der Waals surface area contributed by atoms with E-state index in [2.05, 4.69) is 0 Å². The molecule has 0 aliphatic heterocycles. The first kappa shape index (κ1) is 22.9. The summed E-state index contributed by atoms with van der Waals surface area (Å²) < 4.78 is 33.3. The lowest BCUT2D eigenvalue weighted by Gasteiger charge is -2.17. The van der Waals surface area contributed by atoms with Crippen LogP contribution in [0.3, 0.4) is 0 Å². The maximum atomic E-state index is 13.0. The molecule has 170 valence electrons. The van der Waals surface area contributed by atoms with Crippen molar-refractivity contribution in [2.75, 3.05) is 35.0 Å². The minimum absolute atomic E-state index is 0.0114. The van der Waals surface area contributed by atoms with E-state index in [9.17, 15) is 9.90 Å².